The number of aliphatic carboxylic acids is 1. The second-order valence-corrected chi connectivity index (χ2v) is 25.8. The van der Waals surface area contributed by atoms with Crippen LogP contribution in [0.4, 0.5) is 0 Å². The fraction of sp³-hybridized carbons (Fsp3) is 0.655. The number of quaternary nitrogens is 1. The van der Waals surface area contributed by atoms with E-state index < -0.39 is 24.3 Å². The Bertz CT molecular complexity index is 2090. The number of nitrogens with zero attached hydrogens (tertiary/aromatic N) is 1. The number of rotatable bonds is 68. The van der Waals surface area contributed by atoms with Crippen molar-refractivity contribution >= 4 is 17.9 Å². The van der Waals surface area contributed by atoms with Crippen LogP contribution in [0, 0.1) is 0 Å². The van der Waals surface area contributed by atoms with Crippen LogP contribution < -0.4 is 0 Å². The number of ether oxygens (including phenoxy) is 4. The molecule has 0 saturated carbocycles. The molecular weight excluding hydrogens is 1150 g/mol. The van der Waals surface area contributed by atoms with Gasteiger partial charge in [-0.05, 0) is 122 Å². The number of hydrogen-bond donors (Lipinski definition) is 1. The van der Waals surface area contributed by atoms with Gasteiger partial charge in [0.25, 0.3) is 6.29 Å². The van der Waals surface area contributed by atoms with Crippen LogP contribution in [0.5, 0.6) is 0 Å². The Morgan fingerprint density at radius 3 is 0.860 bits per heavy atom. The van der Waals surface area contributed by atoms with Crippen molar-refractivity contribution < 1.29 is 42.9 Å². The summed E-state index contributed by atoms with van der Waals surface area (Å²) < 4.78 is 23.0. The molecule has 0 heterocycles. The van der Waals surface area contributed by atoms with Crippen molar-refractivity contribution in [2.45, 2.75) is 309 Å². The predicted octanol–water partition coefficient (Wildman–Crippen LogP) is 24.0. The molecule has 0 spiro atoms. The number of carboxylic acid groups (broad SMARTS) is 1. The third kappa shape index (κ3) is 74.2. The van der Waals surface area contributed by atoms with E-state index >= 15 is 0 Å². The molecule has 0 rings (SSSR count). The van der Waals surface area contributed by atoms with Gasteiger partial charge >= 0.3 is 17.9 Å². The number of esters is 2. The summed E-state index contributed by atoms with van der Waals surface area (Å²) in [6, 6.07) is 0. The van der Waals surface area contributed by atoms with Crippen molar-refractivity contribution in [2.75, 3.05) is 47.5 Å². The molecule has 0 fully saturated rings. The maximum atomic E-state index is 13.0. The SMILES string of the molecule is CC/C=C\C/C=C\C/C=C\C/C=C\C/C=C\C/C=C\C/C=C\CCCCCCCCCCCCCCCCCCCCCC(=O)OC(COC(=O)CCCCCCCCCC/C=C\C/C=C\C/C=C\C/C=C\C/C=C\C/C=C\CC)COC(OCC[N+](C)(C)C)C(=O)O. The maximum absolute atomic E-state index is 13.0. The van der Waals surface area contributed by atoms with Gasteiger partial charge in [-0.25, -0.2) is 4.79 Å². The molecule has 1 N–H and O–H groups in total. The lowest BCUT2D eigenvalue weighted by atomic mass is 10.0. The Hall–Kier alpha value is -5.09. The van der Waals surface area contributed by atoms with E-state index in [4.69, 9.17) is 18.9 Å². The number of allylic oxidation sites excluding steroid dienone is 26. The van der Waals surface area contributed by atoms with Gasteiger partial charge in [0, 0.05) is 12.8 Å². The number of hydrogen-bond acceptors (Lipinski definition) is 7. The molecule has 0 aliphatic heterocycles. The zero-order valence-corrected chi connectivity index (χ0v) is 60.4. The summed E-state index contributed by atoms with van der Waals surface area (Å²) in [5.74, 6) is -2.02. The van der Waals surface area contributed by atoms with E-state index in [1.54, 1.807) is 0 Å². The van der Waals surface area contributed by atoms with E-state index in [2.05, 4.69) is 172 Å². The van der Waals surface area contributed by atoms with E-state index in [9.17, 15) is 19.5 Å². The Kier molecular flexibility index (Phi) is 68.8. The summed E-state index contributed by atoms with van der Waals surface area (Å²) in [5, 5.41) is 9.76. The molecule has 9 heteroatoms. The zero-order valence-electron chi connectivity index (χ0n) is 60.4. The minimum atomic E-state index is -1.52. The third-order valence-electron chi connectivity index (χ3n) is 15.8. The van der Waals surface area contributed by atoms with Gasteiger partial charge < -0.3 is 28.5 Å². The largest absolute Gasteiger partial charge is 0.477 e. The summed E-state index contributed by atoms with van der Waals surface area (Å²) in [6.45, 7) is 4.65. The fourth-order valence-corrected chi connectivity index (χ4v) is 10.1. The first-order valence-electron chi connectivity index (χ1n) is 37.6. The van der Waals surface area contributed by atoms with E-state index in [1.165, 1.54) is 135 Å². The monoisotopic (exact) mass is 1290 g/mol. The van der Waals surface area contributed by atoms with Crippen LogP contribution in [-0.2, 0) is 33.3 Å². The summed E-state index contributed by atoms with van der Waals surface area (Å²) in [7, 11) is 5.97. The number of unbranched alkanes of at least 4 members (excludes halogenated alkanes) is 27. The van der Waals surface area contributed by atoms with Gasteiger partial charge in [0.1, 0.15) is 13.2 Å². The van der Waals surface area contributed by atoms with E-state index in [0.29, 0.717) is 17.4 Å². The Morgan fingerprint density at radius 1 is 0.323 bits per heavy atom. The van der Waals surface area contributed by atoms with Crippen LogP contribution in [0.3, 0.4) is 0 Å². The maximum Gasteiger partial charge on any atom is 0.361 e. The first-order valence-corrected chi connectivity index (χ1v) is 37.6. The van der Waals surface area contributed by atoms with Crippen molar-refractivity contribution in [3.63, 3.8) is 0 Å². The molecule has 0 saturated heterocycles. The van der Waals surface area contributed by atoms with Crippen molar-refractivity contribution in [3.8, 4) is 0 Å². The van der Waals surface area contributed by atoms with E-state index in [1.807, 2.05) is 21.1 Å². The lowest BCUT2D eigenvalue weighted by molar-refractivity contribution is -0.870. The average molecular weight is 1290 g/mol. The molecule has 0 aromatic carbocycles. The number of carbonyl (C=O) groups excluding carboxylic acids is 2. The molecule has 9 nitrogen and oxygen atoms in total. The molecule has 0 aliphatic rings. The van der Waals surface area contributed by atoms with Crippen molar-refractivity contribution in [2.24, 2.45) is 0 Å². The molecule has 0 aromatic heterocycles. The highest BCUT2D eigenvalue weighted by molar-refractivity contribution is 5.71. The highest BCUT2D eigenvalue weighted by Gasteiger charge is 2.25. The second kappa shape index (κ2) is 72.7. The van der Waals surface area contributed by atoms with Crippen LogP contribution in [0.25, 0.3) is 0 Å². The number of carboxylic acids is 1. The van der Waals surface area contributed by atoms with E-state index in [0.717, 1.165) is 128 Å². The molecule has 0 bridgehead atoms. The molecule has 0 aliphatic carbocycles. The summed E-state index contributed by atoms with van der Waals surface area (Å²) >= 11 is 0. The lowest BCUT2D eigenvalue weighted by Gasteiger charge is -2.25. The van der Waals surface area contributed by atoms with Crippen molar-refractivity contribution in [1.82, 2.24) is 0 Å². The van der Waals surface area contributed by atoms with Gasteiger partial charge in [0.05, 0.1) is 34.4 Å². The lowest BCUT2D eigenvalue weighted by Crippen LogP contribution is -2.40. The minimum Gasteiger partial charge on any atom is -0.477 e. The molecule has 93 heavy (non-hydrogen) atoms. The minimum absolute atomic E-state index is 0.180. The topological polar surface area (TPSA) is 108 Å². The Morgan fingerprint density at radius 2 is 0.581 bits per heavy atom. The van der Waals surface area contributed by atoms with Gasteiger partial charge in [0.2, 0.25) is 0 Å². The predicted molar refractivity (Wildman–Crippen MR) is 400 cm³/mol. The van der Waals surface area contributed by atoms with E-state index in [-0.39, 0.29) is 38.6 Å². The summed E-state index contributed by atoms with van der Waals surface area (Å²) in [4.78, 5) is 37.7. The Labute approximate surface area is 572 Å². The summed E-state index contributed by atoms with van der Waals surface area (Å²) in [5.41, 5.74) is 0. The van der Waals surface area contributed by atoms with Gasteiger partial charge in [-0.2, -0.15) is 0 Å². The molecule has 0 amide bonds. The molecule has 2 unspecified atom stereocenters. The van der Waals surface area contributed by atoms with Crippen molar-refractivity contribution in [1.29, 1.82) is 0 Å². The average Bonchev–Trinajstić information content (AvgIpc) is 3.38. The van der Waals surface area contributed by atoms with Crippen molar-refractivity contribution in [3.05, 3.63) is 158 Å². The van der Waals surface area contributed by atoms with Crippen LogP contribution in [0.1, 0.15) is 296 Å². The summed E-state index contributed by atoms with van der Waals surface area (Å²) in [6.07, 6.45) is 105. The smallest absolute Gasteiger partial charge is 0.361 e. The molecule has 528 valence electrons. The molecule has 0 radical (unpaired) electrons. The van der Waals surface area contributed by atoms with Crippen LogP contribution in [-0.4, -0.2) is 87.4 Å². The fourth-order valence-electron chi connectivity index (χ4n) is 10.1. The first kappa shape index (κ1) is 87.9. The molecule has 2 atom stereocenters. The van der Waals surface area contributed by atoms with Gasteiger partial charge in [0.15, 0.2) is 6.10 Å². The molecular formula is C84H140NO8+. The highest BCUT2D eigenvalue weighted by Crippen LogP contribution is 2.17. The zero-order chi connectivity index (χ0) is 67.5. The van der Waals surface area contributed by atoms with Gasteiger partial charge in [-0.15, -0.1) is 0 Å². The first-order chi connectivity index (χ1) is 45.6. The van der Waals surface area contributed by atoms with Gasteiger partial charge in [-0.3, -0.25) is 9.59 Å². The van der Waals surface area contributed by atoms with Crippen LogP contribution in [0.2, 0.25) is 0 Å². The van der Waals surface area contributed by atoms with Gasteiger partial charge in [-0.1, -0.05) is 320 Å². The normalized spacial score (nSPS) is 13.6. The molecule has 0 aromatic rings. The second-order valence-electron chi connectivity index (χ2n) is 25.8. The number of carbonyl (C=O) groups is 3. The standard InChI is InChI=1S/C84H139NO8/c1-6-8-10-12-14-16-18-20-22-24-26-28-30-32-34-35-36-37-38-39-40-41-42-43-44-45-46-47-49-51-53-55-57-59-61-63-65-67-69-71-73-75-82(87)93-80(79-92-84(83(88)89)90-77-76-85(3,4)5)78-91-81(86)74-72-70-68-66-64-62-60-58-56-54-52-50-48-33-31-29-27-25-23-21-19-17-15-13-11-9-7-2/h8-11,14-17,20-23,26-29,32-34,36-37,39-40,48,52,54,80,84H,6-7,12-13,18-19,24-25,30-31,35,38,41-47,49-51,53,55-79H2,1-5H3/p+1/b10-8-,11-9-,16-14-,17-15-,22-20-,23-21-,28-26-,29-27-,34-32-,37-36-,40-39-,48-33-,54-52-. The van der Waals surface area contributed by atoms with Crippen LogP contribution in [0.15, 0.2) is 158 Å². The van der Waals surface area contributed by atoms with Crippen LogP contribution >= 0.6 is 0 Å². The third-order valence-corrected chi connectivity index (χ3v) is 15.8. The quantitative estimate of drug-likeness (QED) is 0.0211. The highest BCUT2D eigenvalue weighted by atomic mass is 16.7. The number of likely N-dealkylation sites (N-methyl/N-ethyl adjacent to an activating group) is 1. The Balaban J connectivity index is 4.08.